The maximum Gasteiger partial charge on any atom is 0.348 e. The van der Waals surface area contributed by atoms with E-state index in [4.69, 9.17) is 4.74 Å². The molecule has 0 saturated carbocycles. The largest absolute Gasteiger partial charge is 0.465 e. The van der Waals surface area contributed by atoms with Crippen molar-refractivity contribution >= 4 is 48.9 Å². The van der Waals surface area contributed by atoms with Crippen LogP contribution in [0.5, 0.6) is 0 Å². The highest BCUT2D eigenvalue weighted by Gasteiger charge is 2.29. The van der Waals surface area contributed by atoms with Gasteiger partial charge in [0.05, 0.1) is 19.0 Å². The second-order valence-corrected chi connectivity index (χ2v) is 11.0. The predicted octanol–water partition coefficient (Wildman–Crippen LogP) is 1.65. The van der Waals surface area contributed by atoms with Crippen LogP contribution in [0.4, 0.5) is 0 Å². The molecule has 0 aliphatic carbocycles. The number of rotatable bonds is 5. The zero-order valence-electron chi connectivity index (χ0n) is 16.4. The second kappa shape index (κ2) is 8.19. The average molecular weight is 469 g/mol. The first-order valence-corrected chi connectivity index (χ1v) is 12.3. The maximum absolute atomic E-state index is 12.6. The summed E-state index contributed by atoms with van der Waals surface area (Å²) in [4.78, 5) is 34.7. The van der Waals surface area contributed by atoms with Crippen molar-refractivity contribution in [2.45, 2.75) is 17.7 Å². The van der Waals surface area contributed by atoms with Crippen molar-refractivity contribution in [1.82, 2.24) is 19.2 Å². The standard InChI is InChI=1S/C18H20N4O5S3/c1-11-14-16(23)19-12(20-17(14)29-15(11)18(24)27-2)10-21-5-7-22(8-6-21)30(25,26)13-4-3-9-28-13/h3-4,9H,5-8,10H2,1-2H3,(H,19,20,23). The monoisotopic (exact) mass is 468 g/mol. The maximum atomic E-state index is 12.6. The number of nitrogens with one attached hydrogen (secondary N) is 1. The molecule has 4 heterocycles. The number of aromatic amines is 1. The summed E-state index contributed by atoms with van der Waals surface area (Å²) >= 11 is 2.35. The minimum atomic E-state index is -3.45. The fourth-order valence-corrected chi connectivity index (χ4v) is 7.11. The molecule has 1 aliphatic heterocycles. The van der Waals surface area contributed by atoms with Gasteiger partial charge in [-0.25, -0.2) is 18.2 Å². The number of H-pyrrole nitrogens is 1. The molecule has 0 amide bonds. The van der Waals surface area contributed by atoms with E-state index in [9.17, 15) is 18.0 Å². The van der Waals surface area contributed by atoms with E-state index >= 15 is 0 Å². The van der Waals surface area contributed by atoms with E-state index in [0.29, 0.717) is 63.4 Å². The number of sulfonamides is 1. The highest BCUT2D eigenvalue weighted by Crippen LogP contribution is 2.28. The molecular weight excluding hydrogens is 448 g/mol. The lowest BCUT2D eigenvalue weighted by molar-refractivity contribution is 0.0605. The summed E-state index contributed by atoms with van der Waals surface area (Å²) in [5, 5.41) is 2.15. The highest BCUT2D eigenvalue weighted by atomic mass is 32.2. The van der Waals surface area contributed by atoms with Crippen molar-refractivity contribution in [3.05, 3.63) is 44.1 Å². The molecule has 0 aromatic carbocycles. The molecule has 30 heavy (non-hydrogen) atoms. The van der Waals surface area contributed by atoms with Gasteiger partial charge in [0.15, 0.2) is 0 Å². The third-order valence-electron chi connectivity index (χ3n) is 5.01. The Morgan fingerprint density at radius 3 is 2.67 bits per heavy atom. The lowest BCUT2D eigenvalue weighted by atomic mass is 10.2. The summed E-state index contributed by atoms with van der Waals surface area (Å²) < 4.78 is 31.9. The number of nitrogens with zero attached hydrogens (tertiary/aromatic N) is 3. The van der Waals surface area contributed by atoms with Gasteiger partial charge < -0.3 is 9.72 Å². The smallest absolute Gasteiger partial charge is 0.348 e. The normalized spacial score (nSPS) is 16.2. The molecule has 160 valence electrons. The van der Waals surface area contributed by atoms with E-state index in [-0.39, 0.29) is 5.56 Å². The van der Waals surface area contributed by atoms with Crippen molar-refractivity contribution in [2.24, 2.45) is 0 Å². The molecule has 1 N–H and O–H groups in total. The molecule has 12 heteroatoms. The van der Waals surface area contributed by atoms with Gasteiger partial charge in [-0.2, -0.15) is 4.31 Å². The van der Waals surface area contributed by atoms with Crippen molar-refractivity contribution in [3.8, 4) is 0 Å². The van der Waals surface area contributed by atoms with Gasteiger partial charge in [-0.3, -0.25) is 9.69 Å². The Hall–Kier alpha value is -2.12. The van der Waals surface area contributed by atoms with Crippen LogP contribution in [0.15, 0.2) is 26.5 Å². The SMILES string of the molecule is COC(=O)c1sc2nc(CN3CCN(S(=O)(=O)c4cccs4)CC3)[nH]c(=O)c2c1C. The number of thiophene rings is 2. The van der Waals surface area contributed by atoms with Gasteiger partial charge in [-0.1, -0.05) is 6.07 Å². The summed E-state index contributed by atoms with van der Waals surface area (Å²) in [7, 11) is -2.15. The Morgan fingerprint density at radius 2 is 2.03 bits per heavy atom. The third kappa shape index (κ3) is 3.81. The van der Waals surface area contributed by atoms with Gasteiger partial charge in [0.1, 0.15) is 19.7 Å². The van der Waals surface area contributed by atoms with Gasteiger partial charge in [0, 0.05) is 26.2 Å². The van der Waals surface area contributed by atoms with E-state index in [1.807, 2.05) is 4.90 Å². The summed E-state index contributed by atoms with van der Waals surface area (Å²) in [6.07, 6.45) is 0. The van der Waals surface area contributed by atoms with Crippen molar-refractivity contribution in [1.29, 1.82) is 0 Å². The zero-order valence-corrected chi connectivity index (χ0v) is 18.8. The lowest BCUT2D eigenvalue weighted by Gasteiger charge is -2.33. The molecule has 1 fully saturated rings. The zero-order chi connectivity index (χ0) is 21.5. The highest BCUT2D eigenvalue weighted by molar-refractivity contribution is 7.91. The van der Waals surface area contributed by atoms with Crippen molar-refractivity contribution < 1.29 is 17.9 Å². The Bertz CT molecular complexity index is 1240. The average Bonchev–Trinajstić information content (AvgIpc) is 3.37. The summed E-state index contributed by atoms with van der Waals surface area (Å²) in [5.74, 6) is -0.000693. The lowest BCUT2D eigenvalue weighted by Crippen LogP contribution is -2.48. The van der Waals surface area contributed by atoms with Crippen LogP contribution >= 0.6 is 22.7 Å². The Morgan fingerprint density at radius 1 is 1.30 bits per heavy atom. The topological polar surface area (TPSA) is 113 Å². The van der Waals surface area contributed by atoms with Gasteiger partial charge in [-0.05, 0) is 23.9 Å². The summed E-state index contributed by atoms with van der Waals surface area (Å²) in [6.45, 7) is 3.90. The molecular formula is C18H20N4O5S3. The number of hydrogen-bond acceptors (Lipinski definition) is 9. The van der Waals surface area contributed by atoms with E-state index in [2.05, 4.69) is 9.97 Å². The summed E-state index contributed by atoms with van der Waals surface area (Å²) in [5.41, 5.74) is 0.271. The van der Waals surface area contributed by atoms with Gasteiger partial charge >= 0.3 is 5.97 Å². The third-order valence-corrected chi connectivity index (χ3v) is 9.45. The molecule has 3 aromatic heterocycles. The van der Waals surface area contributed by atoms with Crippen LogP contribution in [0.25, 0.3) is 10.2 Å². The number of methoxy groups -OCH3 is 1. The van der Waals surface area contributed by atoms with E-state index in [0.717, 1.165) is 11.3 Å². The number of aromatic nitrogens is 2. The number of esters is 1. The number of carbonyl (C=O) groups excluding carboxylic acids is 1. The van der Waals surface area contributed by atoms with Crippen LogP contribution in [0, 0.1) is 6.92 Å². The molecule has 0 radical (unpaired) electrons. The molecule has 0 atom stereocenters. The number of piperazine rings is 1. The first-order valence-electron chi connectivity index (χ1n) is 9.18. The number of aryl methyl sites for hydroxylation is 1. The Labute approximate surface area is 181 Å². The van der Waals surface area contributed by atoms with E-state index in [1.165, 1.54) is 22.8 Å². The van der Waals surface area contributed by atoms with Crippen LogP contribution in [-0.4, -0.2) is 66.8 Å². The molecule has 0 unspecified atom stereocenters. The molecule has 0 spiro atoms. The number of fused-ring (bicyclic) bond motifs is 1. The minimum absolute atomic E-state index is 0.294. The molecule has 3 aromatic rings. The van der Waals surface area contributed by atoms with E-state index < -0.39 is 16.0 Å². The fourth-order valence-electron chi connectivity index (χ4n) is 3.43. The second-order valence-electron chi connectivity index (χ2n) is 6.85. The Balaban J connectivity index is 1.49. The van der Waals surface area contributed by atoms with Crippen LogP contribution in [0.2, 0.25) is 0 Å². The van der Waals surface area contributed by atoms with Crippen LogP contribution < -0.4 is 5.56 Å². The van der Waals surface area contributed by atoms with E-state index in [1.54, 1.807) is 24.4 Å². The van der Waals surface area contributed by atoms with Crippen molar-refractivity contribution in [3.63, 3.8) is 0 Å². The Kier molecular flexibility index (Phi) is 5.77. The molecule has 1 saturated heterocycles. The summed E-state index contributed by atoms with van der Waals surface area (Å²) in [6, 6.07) is 3.34. The van der Waals surface area contributed by atoms with Crippen LogP contribution in [-0.2, 0) is 21.3 Å². The van der Waals surface area contributed by atoms with Crippen molar-refractivity contribution in [2.75, 3.05) is 33.3 Å². The first-order chi connectivity index (χ1) is 14.3. The molecule has 0 bridgehead atoms. The predicted molar refractivity (Wildman–Crippen MR) is 115 cm³/mol. The molecule has 1 aliphatic rings. The molecule has 4 rings (SSSR count). The number of hydrogen-bond donors (Lipinski definition) is 1. The minimum Gasteiger partial charge on any atom is -0.465 e. The molecule has 9 nitrogen and oxygen atoms in total. The van der Waals surface area contributed by atoms with Gasteiger partial charge in [0.2, 0.25) is 0 Å². The fraction of sp³-hybridized carbons (Fsp3) is 0.389. The van der Waals surface area contributed by atoms with Crippen LogP contribution in [0.1, 0.15) is 21.1 Å². The van der Waals surface area contributed by atoms with Gasteiger partial charge in [-0.15, -0.1) is 22.7 Å². The van der Waals surface area contributed by atoms with Gasteiger partial charge in [0.25, 0.3) is 15.6 Å². The number of ether oxygens (including phenoxy) is 1. The quantitative estimate of drug-likeness (QED) is 0.567. The number of carbonyl (C=O) groups is 1. The van der Waals surface area contributed by atoms with Crippen LogP contribution in [0.3, 0.4) is 0 Å². The first kappa shape index (κ1) is 21.1.